The molecule has 106 valence electrons. The second-order valence-electron chi connectivity index (χ2n) is 4.39. The molecule has 1 aliphatic rings. The molecule has 1 aromatic carbocycles. The number of hydrogen-bond acceptors (Lipinski definition) is 5. The summed E-state index contributed by atoms with van der Waals surface area (Å²) in [6.45, 7) is 1.69. The summed E-state index contributed by atoms with van der Waals surface area (Å²) in [5, 5.41) is 15.9. The summed E-state index contributed by atoms with van der Waals surface area (Å²) in [6.07, 6.45) is 0.126. The number of nitrogens with zero attached hydrogens (tertiary/aromatic N) is 1. The molecule has 1 saturated heterocycles. The van der Waals surface area contributed by atoms with Crippen molar-refractivity contribution in [1.29, 1.82) is 0 Å². The van der Waals surface area contributed by atoms with Crippen molar-refractivity contribution in [3.05, 3.63) is 33.9 Å². The minimum absolute atomic E-state index is 0.0674. The lowest BCUT2D eigenvalue weighted by molar-refractivity contribution is -0.385. The quantitative estimate of drug-likeness (QED) is 0.492. The third-order valence-electron chi connectivity index (χ3n) is 2.94. The number of carbonyl (C=O) groups excluding carboxylic acids is 2. The number of cyclic esters (lactones) is 1. The maximum absolute atomic E-state index is 11.7. The minimum Gasteiger partial charge on any atom is -0.463 e. The van der Waals surface area contributed by atoms with Crippen molar-refractivity contribution in [1.82, 2.24) is 5.32 Å². The van der Waals surface area contributed by atoms with Gasteiger partial charge in [-0.2, -0.15) is 0 Å². The zero-order valence-electron chi connectivity index (χ0n) is 10.7. The fourth-order valence-electron chi connectivity index (χ4n) is 1.91. The zero-order valence-corrected chi connectivity index (χ0v) is 10.7. The average molecular weight is 279 g/mol. The van der Waals surface area contributed by atoms with Gasteiger partial charge in [0.1, 0.15) is 6.61 Å². The first kappa shape index (κ1) is 13.8. The number of rotatable bonds is 3. The monoisotopic (exact) mass is 279 g/mol. The van der Waals surface area contributed by atoms with Crippen LogP contribution in [0.5, 0.6) is 0 Å². The van der Waals surface area contributed by atoms with Gasteiger partial charge in [0, 0.05) is 6.07 Å². The van der Waals surface area contributed by atoms with Gasteiger partial charge < -0.3 is 15.4 Å². The molecule has 8 heteroatoms. The van der Waals surface area contributed by atoms with Gasteiger partial charge in [0.25, 0.3) is 5.69 Å². The molecular weight excluding hydrogens is 266 g/mol. The highest BCUT2D eigenvalue weighted by Gasteiger charge is 2.25. The number of benzene rings is 1. The van der Waals surface area contributed by atoms with Crippen molar-refractivity contribution in [3.8, 4) is 0 Å². The maximum Gasteiger partial charge on any atom is 0.319 e. The number of carbonyl (C=O) groups is 2. The molecule has 1 fully saturated rings. The van der Waals surface area contributed by atoms with Crippen LogP contribution in [0, 0.1) is 17.0 Å². The molecule has 1 atom stereocenters. The van der Waals surface area contributed by atoms with Crippen molar-refractivity contribution in [2.45, 2.75) is 19.4 Å². The fourth-order valence-corrected chi connectivity index (χ4v) is 1.91. The van der Waals surface area contributed by atoms with Gasteiger partial charge in [-0.3, -0.25) is 14.9 Å². The van der Waals surface area contributed by atoms with E-state index < -0.39 is 11.0 Å². The van der Waals surface area contributed by atoms with Crippen molar-refractivity contribution in [3.63, 3.8) is 0 Å². The number of anilines is 1. The number of urea groups is 1. The number of amides is 2. The molecule has 2 rings (SSSR count). The summed E-state index contributed by atoms with van der Waals surface area (Å²) in [7, 11) is 0. The molecule has 0 saturated carbocycles. The summed E-state index contributed by atoms with van der Waals surface area (Å²) in [5.41, 5.74) is 0.649. The highest BCUT2D eigenvalue weighted by atomic mass is 16.6. The smallest absolute Gasteiger partial charge is 0.319 e. The van der Waals surface area contributed by atoms with Crippen LogP contribution in [0.2, 0.25) is 0 Å². The Morgan fingerprint density at radius 3 is 2.85 bits per heavy atom. The van der Waals surface area contributed by atoms with E-state index in [1.165, 1.54) is 12.1 Å². The van der Waals surface area contributed by atoms with E-state index in [1.807, 2.05) is 0 Å². The van der Waals surface area contributed by atoms with E-state index in [1.54, 1.807) is 13.0 Å². The molecule has 0 unspecified atom stereocenters. The molecule has 2 N–H and O–H groups in total. The van der Waals surface area contributed by atoms with E-state index in [0.29, 0.717) is 11.3 Å². The predicted molar refractivity (Wildman–Crippen MR) is 69.4 cm³/mol. The Morgan fingerprint density at radius 2 is 2.25 bits per heavy atom. The largest absolute Gasteiger partial charge is 0.463 e. The first-order valence-corrected chi connectivity index (χ1v) is 5.94. The third kappa shape index (κ3) is 3.02. The molecule has 0 radical (unpaired) electrons. The van der Waals surface area contributed by atoms with Crippen molar-refractivity contribution >= 4 is 23.4 Å². The standard InChI is InChI=1S/C12H13N3O5/c1-7-9(3-2-4-10(7)15(18)19)14-12(17)13-8-5-11(16)20-6-8/h2-4,8H,5-6H2,1H3,(H2,13,14,17)/t8-/m0/s1. The Hall–Kier alpha value is -2.64. The summed E-state index contributed by atoms with van der Waals surface area (Å²) in [6, 6.07) is 3.52. The second-order valence-corrected chi connectivity index (χ2v) is 4.39. The molecule has 0 bridgehead atoms. The summed E-state index contributed by atoms with van der Waals surface area (Å²) in [4.78, 5) is 32.9. The highest BCUT2D eigenvalue weighted by molar-refractivity contribution is 5.91. The average Bonchev–Trinajstić information content (AvgIpc) is 2.77. The summed E-state index contributed by atoms with van der Waals surface area (Å²) >= 11 is 0. The van der Waals surface area contributed by atoms with E-state index in [9.17, 15) is 19.7 Å². The van der Waals surface area contributed by atoms with Crippen molar-refractivity contribution in [2.75, 3.05) is 11.9 Å². The zero-order chi connectivity index (χ0) is 14.7. The van der Waals surface area contributed by atoms with Gasteiger partial charge in [-0.25, -0.2) is 4.79 Å². The fraction of sp³-hybridized carbons (Fsp3) is 0.333. The molecular formula is C12H13N3O5. The maximum atomic E-state index is 11.7. The van der Waals surface area contributed by atoms with E-state index in [0.717, 1.165) is 0 Å². The molecule has 20 heavy (non-hydrogen) atoms. The number of esters is 1. The summed E-state index contributed by atoms with van der Waals surface area (Å²) in [5.74, 6) is -0.359. The molecule has 1 aromatic rings. The van der Waals surface area contributed by atoms with Crippen LogP contribution >= 0.6 is 0 Å². The number of ether oxygens (including phenoxy) is 1. The Labute approximate surface area is 114 Å². The van der Waals surface area contributed by atoms with Crippen LogP contribution in [0.25, 0.3) is 0 Å². The summed E-state index contributed by atoms with van der Waals surface area (Å²) < 4.78 is 4.72. The van der Waals surface area contributed by atoms with Crippen LogP contribution in [-0.2, 0) is 9.53 Å². The van der Waals surface area contributed by atoms with Gasteiger partial charge in [-0.05, 0) is 13.0 Å². The Morgan fingerprint density at radius 1 is 1.50 bits per heavy atom. The highest BCUT2D eigenvalue weighted by Crippen LogP contribution is 2.24. The van der Waals surface area contributed by atoms with Crippen molar-refractivity contribution < 1.29 is 19.2 Å². The van der Waals surface area contributed by atoms with Gasteiger partial charge >= 0.3 is 12.0 Å². The van der Waals surface area contributed by atoms with Crippen LogP contribution in [0.15, 0.2) is 18.2 Å². The van der Waals surface area contributed by atoms with Crippen LogP contribution in [-0.4, -0.2) is 29.6 Å². The Balaban J connectivity index is 2.03. The van der Waals surface area contributed by atoms with E-state index in [2.05, 4.69) is 10.6 Å². The molecule has 2 amide bonds. The SMILES string of the molecule is Cc1c(NC(=O)N[C@@H]2COC(=O)C2)cccc1[N+](=O)[O-]. The van der Waals surface area contributed by atoms with Crippen LogP contribution in [0.3, 0.4) is 0 Å². The van der Waals surface area contributed by atoms with Crippen LogP contribution in [0.1, 0.15) is 12.0 Å². The third-order valence-corrected chi connectivity index (χ3v) is 2.94. The van der Waals surface area contributed by atoms with Gasteiger partial charge in [0.05, 0.1) is 28.6 Å². The normalized spacial score (nSPS) is 17.4. The second kappa shape index (κ2) is 5.55. The van der Waals surface area contributed by atoms with E-state index in [4.69, 9.17) is 4.74 Å². The van der Waals surface area contributed by atoms with Crippen LogP contribution in [0.4, 0.5) is 16.2 Å². The first-order valence-electron chi connectivity index (χ1n) is 5.94. The van der Waals surface area contributed by atoms with Gasteiger partial charge in [0.15, 0.2) is 0 Å². The van der Waals surface area contributed by atoms with Gasteiger partial charge in [-0.1, -0.05) is 6.07 Å². The number of hydrogen-bond donors (Lipinski definition) is 2. The minimum atomic E-state index is -0.531. The number of nitrogens with one attached hydrogen (secondary N) is 2. The molecule has 0 aliphatic carbocycles. The van der Waals surface area contributed by atoms with Crippen molar-refractivity contribution in [2.24, 2.45) is 0 Å². The lowest BCUT2D eigenvalue weighted by Gasteiger charge is -2.12. The Kier molecular flexibility index (Phi) is 3.83. The number of nitro benzene ring substituents is 1. The molecule has 1 aliphatic heterocycles. The van der Waals surface area contributed by atoms with Gasteiger partial charge in [-0.15, -0.1) is 0 Å². The van der Waals surface area contributed by atoms with E-state index in [-0.39, 0.29) is 30.7 Å². The lowest BCUT2D eigenvalue weighted by Crippen LogP contribution is -2.38. The number of nitro groups is 1. The van der Waals surface area contributed by atoms with Crippen LogP contribution < -0.4 is 10.6 Å². The first-order chi connectivity index (χ1) is 9.47. The molecule has 0 aromatic heterocycles. The molecule has 8 nitrogen and oxygen atoms in total. The topological polar surface area (TPSA) is 111 Å². The van der Waals surface area contributed by atoms with Gasteiger partial charge in [0.2, 0.25) is 0 Å². The molecule has 0 spiro atoms. The predicted octanol–water partition coefficient (Wildman–Crippen LogP) is 1.34. The molecule has 1 heterocycles. The Bertz CT molecular complexity index is 572. The van der Waals surface area contributed by atoms with E-state index >= 15 is 0 Å². The lowest BCUT2D eigenvalue weighted by atomic mass is 10.1.